The van der Waals surface area contributed by atoms with Crippen LogP contribution in [0.1, 0.15) is 25.2 Å². The number of nitrogens with zero attached hydrogens (tertiary/aromatic N) is 2. The second kappa shape index (κ2) is 5.15. The second-order valence-corrected chi connectivity index (χ2v) is 3.96. The van der Waals surface area contributed by atoms with Gasteiger partial charge in [-0.3, -0.25) is 4.68 Å². The van der Waals surface area contributed by atoms with Crippen molar-refractivity contribution in [1.29, 1.82) is 0 Å². The van der Waals surface area contributed by atoms with Crippen LogP contribution in [0.3, 0.4) is 0 Å². The Bertz CT molecular complexity index is 278. The van der Waals surface area contributed by atoms with Gasteiger partial charge in [-0.05, 0) is 45.8 Å². The quantitative estimate of drug-likeness (QED) is 0.773. The van der Waals surface area contributed by atoms with Gasteiger partial charge in [0.1, 0.15) is 0 Å². The maximum atomic E-state index is 4.44. The Kier molecular flexibility index (Phi) is 4.14. The second-order valence-electron chi connectivity index (χ2n) is 3.96. The summed E-state index contributed by atoms with van der Waals surface area (Å²) in [5.41, 5.74) is 2.48. The first-order chi connectivity index (χ1) is 6.67. The Morgan fingerprint density at radius 2 is 2.29 bits per heavy atom. The molecule has 0 spiro atoms. The summed E-state index contributed by atoms with van der Waals surface area (Å²) < 4.78 is 2.10. The highest BCUT2D eigenvalue weighted by molar-refractivity contribution is 5.09. The predicted octanol–water partition coefficient (Wildman–Crippen LogP) is 1.61. The van der Waals surface area contributed by atoms with Crippen molar-refractivity contribution in [2.24, 2.45) is 5.92 Å². The van der Waals surface area contributed by atoms with Crippen LogP contribution in [0.25, 0.3) is 0 Å². The Hall–Kier alpha value is -0.830. The molecule has 0 aliphatic heterocycles. The lowest BCUT2D eigenvalue weighted by Gasteiger charge is -2.11. The van der Waals surface area contributed by atoms with Crippen molar-refractivity contribution >= 4 is 0 Å². The first kappa shape index (κ1) is 11.2. The van der Waals surface area contributed by atoms with Crippen LogP contribution in [-0.2, 0) is 13.0 Å². The number of hydrogen-bond acceptors (Lipinski definition) is 2. The van der Waals surface area contributed by atoms with Crippen molar-refractivity contribution in [2.45, 2.75) is 33.7 Å². The summed E-state index contributed by atoms with van der Waals surface area (Å²) >= 11 is 0. The van der Waals surface area contributed by atoms with Gasteiger partial charge in [-0.15, -0.1) is 0 Å². The average Bonchev–Trinajstić information content (AvgIpc) is 2.46. The Balaban J connectivity index is 2.65. The molecular weight excluding hydrogens is 174 g/mol. The Morgan fingerprint density at radius 1 is 1.57 bits per heavy atom. The van der Waals surface area contributed by atoms with Gasteiger partial charge in [-0.1, -0.05) is 6.92 Å². The molecule has 0 saturated heterocycles. The summed E-state index contributed by atoms with van der Waals surface area (Å²) in [4.78, 5) is 0. The molecule has 0 fully saturated rings. The van der Waals surface area contributed by atoms with E-state index in [4.69, 9.17) is 0 Å². The van der Waals surface area contributed by atoms with Gasteiger partial charge in [-0.25, -0.2) is 0 Å². The zero-order chi connectivity index (χ0) is 10.6. The molecule has 3 nitrogen and oxygen atoms in total. The molecule has 1 heterocycles. The maximum absolute atomic E-state index is 4.44. The minimum Gasteiger partial charge on any atom is -0.319 e. The van der Waals surface area contributed by atoms with Crippen LogP contribution in [0.4, 0.5) is 0 Å². The van der Waals surface area contributed by atoms with Crippen LogP contribution < -0.4 is 5.32 Å². The topological polar surface area (TPSA) is 29.9 Å². The summed E-state index contributed by atoms with van der Waals surface area (Å²) in [6.07, 6.45) is 1.11. The van der Waals surface area contributed by atoms with Crippen molar-refractivity contribution in [2.75, 3.05) is 13.6 Å². The first-order valence-electron chi connectivity index (χ1n) is 5.35. The van der Waals surface area contributed by atoms with Gasteiger partial charge < -0.3 is 5.32 Å². The fraction of sp³-hybridized carbons (Fsp3) is 0.727. The summed E-state index contributed by atoms with van der Waals surface area (Å²) in [5.74, 6) is 0.668. The van der Waals surface area contributed by atoms with Gasteiger partial charge in [0.2, 0.25) is 0 Å². The van der Waals surface area contributed by atoms with E-state index in [9.17, 15) is 0 Å². The number of hydrogen-bond donors (Lipinski definition) is 1. The monoisotopic (exact) mass is 195 g/mol. The molecule has 0 saturated carbocycles. The van der Waals surface area contributed by atoms with Crippen LogP contribution >= 0.6 is 0 Å². The lowest BCUT2D eigenvalue weighted by atomic mass is 10.1. The lowest BCUT2D eigenvalue weighted by molar-refractivity contribution is 0.507. The lowest BCUT2D eigenvalue weighted by Crippen LogP contribution is -2.19. The third-order valence-corrected chi connectivity index (χ3v) is 2.40. The Morgan fingerprint density at radius 3 is 2.86 bits per heavy atom. The molecule has 0 bridgehead atoms. The smallest absolute Gasteiger partial charge is 0.0596 e. The highest BCUT2D eigenvalue weighted by Crippen LogP contribution is 2.09. The molecule has 14 heavy (non-hydrogen) atoms. The van der Waals surface area contributed by atoms with E-state index in [1.54, 1.807) is 0 Å². The fourth-order valence-corrected chi connectivity index (χ4v) is 1.81. The van der Waals surface area contributed by atoms with Gasteiger partial charge in [0.15, 0.2) is 0 Å². The SMILES string of the molecule is CCn1nc(C)cc1CC(C)CNC. The molecule has 0 aliphatic rings. The van der Waals surface area contributed by atoms with E-state index in [1.165, 1.54) is 5.69 Å². The van der Waals surface area contributed by atoms with Gasteiger partial charge in [0.05, 0.1) is 5.69 Å². The van der Waals surface area contributed by atoms with Gasteiger partial charge in [0.25, 0.3) is 0 Å². The molecule has 1 rings (SSSR count). The van der Waals surface area contributed by atoms with Crippen LogP contribution in [0.5, 0.6) is 0 Å². The molecule has 1 atom stereocenters. The predicted molar refractivity (Wildman–Crippen MR) is 59.4 cm³/mol. The first-order valence-corrected chi connectivity index (χ1v) is 5.35. The van der Waals surface area contributed by atoms with Gasteiger partial charge in [0, 0.05) is 12.2 Å². The molecule has 80 valence electrons. The third-order valence-electron chi connectivity index (χ3n) is 2.40. The molecule has 3 heteroatoms. The van der Waals surface area contributed by atoms with Crippen LogP contribution in [0.15, 0.2) is 6.07 Å². The van der Waals surface area contributed by atoms with Crippen molar-refractivity contribution in [3.63, 3.8) is 0 Å². The highest BCUT2D eigenvalue weighted by atomic mass is 15.3. The standard InChI is InChI=1S/C11H21N3/c1-5-14-11(7-10(3)13-14)6-9(2)8-12-4/h7,9,12H,5-6,8H2,1-4H3. The number of aryl methyl sites for hydroxylation is 2. The van der Waals surface area contributed by atoms with Crippen LogP contribution in [0, 0.1) is 12.8 Å². The molecule has 0 aliphatic carbocycles. The van der Waals surface area contributed by atoms with Crippen molar-refractivity contribution in [3.8, 4) is 0 Å². The largest absolute Gasteiger partial charge is 0.319 e. The summed E-state index contributed by atoms with van der Waals surface area (Å²) in [7, 11) is 2.00. The normalized spacial score (nSPS) is 13.1. The van der Waals surface area contributed by atoms with Gasteiger partial charge in [-0.2, -0.15) is 5.10 Å². The van der Waals surface area contributed by atoms with E-state index in [1.807, 2.05) is 7.05 Å². The van der Waals surface area contributed by atoms with Crippen molar-refractivity contribution in [3.05, 3.63) is 17.5 Å². The minimum absolute atomic E-state index is 0.668. The van der Waals surface area contributed by atoms with E-state index in [2.05, 4.69) is 41.9 Å². The summed E-state index contributed by atoms with van der Waals surface area (Å²) in [5, 5.41) is 7.64. The van der Waals surface area contributed by atoms with Crippen molar-refractivity contribution < 1.29 is 0 Å². The van der Waals surface area contributed by atoms with E-state index < -0.39 is 0 Å². The third kappa shape index (κ3) is 2.84. The van der Waals surface area contributed by atoms with E-state index in [0.29, 0.717) is 5.92 Å². The molecule has 1 aromatic heterocycles. The van der Waals surface area contributed by atoms with Crippen molar-refractivity contribution in [1.82, 2.24) is 15.1 Å². The average molecular weight is 195 g/mol. The zero-order valence-corrected chi connectivity index (χ0v) is 9.67. The van der Waals surface area contributed by atoms with Gasteiger partial charge >= 0.3 is 0 Å². The molecule has 0 aromatic carbocycles. The minimum atomic E-state index is 0.668. The maximum Gasteiger partial charge on any atom is 0.0596 e. The van der Waals surface area contributed by atoms with E-state index >= 15 is 0 Å². The zero-order valence-electron chi connectivity index (χ0n) is 9.67. The number of aromatic nitrogens is 2. The van der Waals surface area contributed by atoms with E-state index in [-0.39, 0.29) is 0 Å². The molecular formula is C11H21N3. The fourth-order valence-electron chi connectivity index (χ4n) is 1.81. The molecule has 0 radical (unpaired) electrons. The number of rotatable bonds is 5. The van der Waals surface area contributed by atoms with Crippen LogP contribution in [0.2, 0.25) is 0 Å². The molecule has 1 N–H and O–H groups in total. The molecule has 1 aromatic rings. The van der Waals surface area contributed by atoms with E-state index in [0.717, 1.165) is 25.2 Å². The molecule has 0 amide bonds. The molecule has 1 unspecified atom stereocenters. The Labute approximate surface area is 86.5 Å². The summed E-state index contributed by atoms with van der Waals surface area (Å²) in [6, 6.07) is 2.19. The van der Waals surface area contributed by atoms with Crippen LogP contribution in [-0.4, -0.2) is 23.4 Å². The highest BCUT2D eigenvalue weighted by Gasteiger charge is 2.08. The summed E-state index contributed by atoms with van der Waals surface area (Å²) in [6.45, 7) is 8.49. The number of nitrogens with one attached hydrogen (secondary N) is 1.